The van der Waals surface area contributed by atoms with Crippen LogP contribution >= 0.6 is 0 Å². The maximum atomic E-state index is 11.2. The van der Waals surface area contributed by atoms with Gasteiger partial charge in [0.1, 0.15) is 17.1 Å². The van der Waals surface area contributed by atoms with Crippen LogP contribution in [0.15, 0.2) is 65.1 Å². The Labute approximate surface area is 170 Å². The Morgan fingerprint density at radius 1 is 1.00 bits per heavy atom. The molecule has 1 heterocycles. The fraction of sp³-hybridized carbons (Fsp3) is 0.308. The summed E-state index contributed by atoms with van der Waals surface area (Å²) in [6, 6.07) is 20.4. The highest BCUT2D eigenvalue weighted by Gasteiger charge is 2.26. The van der Waals surface area contributed by atoms with Gasteiger partial charge in [-0.3, -0.25) is 0 Å². The first-order chi connectivity index (χ1) is 14.2. The van der Waals surface area contributed by atoms with Gasteiger partial charge in [-0.1, -0.05) is 62.1 Å². The smallest absolute Gasteiger partial charge is 0.141 e. The Kier molecular flexibility index (Phi) is 4.76. The first kappa shape index (κ1) is 18.3. The minimum atomic E-state index is -0.511. The van der Waals surface area contributed by atoms with Gasteiger partial charge in [0.05, 0.1) is 13.2 Å². The highest BCUT2D eigenvalue weighted by molar-refractivity contribution is 5.92. The maximum Gasteiger partial charge on any atom is 0.141 e. The molecule has 29 heavy (non-hydrogen) atoms. The Balaban J connectivity index is 1.61. The van der Waals surface area contributed by atoms with E-state index in [-0.39, 0.29) is 0 Å². The number of fused-ring (bicyclic) bond motifs is 2. The second-order valence-corrected chi connectivity index (χ2v) is 8.17. The van der Waals surface area contributed by atoms with E-state index in [1.54, 1.807) is 7.11 Å². The number of aliphatic hydroxyl groups excluding tert-OH is 1. The summed E-state index contributed by atoms with van der Waals surface area (Å²) >= 11 is 0. The molecule has 3 nitrogen and oxygen atoms in total. The van der Waals surface area contributed by atoms with E-state index in [1.165, 1.54) is 25.7 Å². The molecule has 0 saturated heterocycles. The van der Waals surface area contributed by atoms with Gasteiger partial charge in [0.15, 0.2) is 0 Å². The number of hydrogen-bond acceptors (Lipinski definition) is 3. The van der Waals surface area contributed by atoms with Gasteiger partial charge in [-0.05, 0) is 47.4 Å². The molecule has 1 N–H and O–H groups in total. The van der Waals surface area contributed by atoms with Crippen molar-refractivity contribution in [3.8, 4) is 17.1 Å². The minimum Gasteiger partial charge on any atom is -0.497 e. The fourth-order valence-corrected chi connectivity index (χ4v) is 4.78. The number of para-hydroxylation sites is 1. The van der Waals surface area contributed by atoms with Gasteiger partial charge in [-0.25, -0.2) is 0 Å². The van der Waals surface area contributed by atoms with E-state index in [0.29, 0.717) is 5.92 Å². The van der Waals surface area contributed by atoms with E-state index in [4.69, 9.17) is 9.15 Å². The first-order valence-corrected chi connectivity index (χ1v) is 10.5. The molecule has 1 fully saturated rings. The Morgan fingerprint density at radius 2 is 1.76 bits per heavy atom. The van der Waals surface area contributed by atoms with E-state index in [9.17, 15) is 5.11 Å². The van der Waals surface area contributed by atoms with E-state index < -0.39 is 6.10 Å². The monoisotopic (exact) mass is 386 g/mol. The lowest BCUT2D eigenvalue weighted by molar-refractivity contribution is 0.146. The fourth-order valence-electron chi connectivity index (χ4n) is 4.78. The molecule has 1 aliphatic rings. The molecule has 3 heteroatoms. The van der Waals surface area contributed by atoms with Gasteiger partial charge >= 0.3 is 0 Å². The molecule has 0 radical (unpaired) electrons. The molecule has 148 valence electrons. The lowest BCUT2D eigenvalue weighted by Gasteiger charge is -2.16. The van der Waals surface area contributed by atoms with Crippen LogP contribution in [0.2, 0.25) is 0 Å². The molecule has 5 rings (SSSR count). The van der Waals surface area contributed by atoms with Gasteiger partial charge in [-0.15, -0.1) is 0 Å². The topological polar surface area (TPSA) is 42.6 Å². The van der Waals surface area contributed by atoms with Crippen molar-refractivity contribution < 1.29 is 14.3 Å². The van der Waals surface area contributed by atoms with E-state index >= 15 is 0 Å². The third-order valence-corrected chi connectivity index (χ3v) is 6.31. The van der Waals surface area contributed by atoms with Crippen LogP contribution in [0.5, 0.6) is 5.75 Å². The standard InChI is InChI=1S/C26H26O3/c1-28-21-13-12-18-15-20(11-10-19(18)16-21)26-25(22-8-4-5-9-24(22)29-26)23(27)14-17-6-2-3-7-17/h4-5,8-13,15-17,23,27H,2-3,6-7,14H2,1H3. The van der Waals surface area contributed by atoms with E-state index in [0.717, 1.165) is 50.8 Å². The van der Waals surface area contributed by atoms with Crippen LogP contribution < -0.4 is 4.74 Å². The number of furan rings is 1. The molecule has 0 bridgehead atoms. The average molecular weight is 386 g/mol. The summed E-state index contributed by atoms with van der Waals surface area (Å²) in [4.78, 5) is 0. The number of methoxy groups -OCH3 is 1. The summed E-state index contributed by atoms with van der Waals surface area (Å²) in [7, 11) is 1.68. The zero-order chi connectivity index (χ0) is 19.8. The molecule has 0 amide bonds. The van der Waals surface area contributed by atoms with Crippen LogP contribution in [0.4, 0.5) is 0 Å². The lowest BCUT2D eigenvalue weighted by Crippen LogP contribution is -2.05. The number of aliphatic hydroxyl groups is 1. The number of hydrogen-bond donors (Lipinski definition) is 1. The molecule has 1 aliphatic carbocycles. The van der Waals surface area contributed by atoms with Gasteiger partial charge in [0.25, 0.3) is 0 Å². The molecule has 1 aromatic heterocycles. The highest BCUT2D eigenvalue weighted by Crippen LogP contribution is 2.42. The van der Waals surface area contributed by atoms with Crippen molar-refractivity contribution in [1.82, 2.24) is 0 Å². The molecule has 1 saturated carbocycles. The number of ether oxygens (including phenoxy) is 1. The van der Waals surface area contributed by atoms with Crippen LogP contribution in [-0.4, -0.2) is 12.2 Å². The van der Waals surface area contributed by atoms with Crippen LogP contribution in [0.3, 0.4) is 0 Å². The minimum absolute atomic E-state index is 0.511. The first-order valence-electron chi connectivity index (χ1n) is 10.5. The zero-order valence-corrected chi connectivity index (χ0v) is 16.7. The van der Waals surface area contributed by atoms with Crippen LogP contribution in [0.1, 0.15) is 43.8 Å². The van der Waals surface area contributed by atoms with Crippen molar-refractivity contribution in [2.75, 3.05) is 7.11 Å². The Morgan fingerprint density at radius 3 is 2.59 bits per heavy atom. The summed E-state index contributed by atoms with van der Waals surface area (Å²) in [5.41, 5.74) is 2.76. The van der Waals surface area contributed by atoms with Crippen molar-refractivity contribution >= 4 is 21.7 Å². The predicted molar refractivity (Wildman–Crippen MR) is 117 cm³/mol. The second-order valence-electron chi connectivity index (χ2n) is 8.17. The van der Waals surface area contributed by atoms with Gasteiger partial charge in [-0.2, -0.15) is 0 Å². The molecular weight excluding hydrogens is 360 g/mol. The summed E-state index contributed by atoms with van der Waals surface area (Å²) in [6.07, 6.45) is 5.30. The van der Waals surface area contributed by atoms with Crippen LogP contribution in [0, 0.1) is 5.92 Å². The summed E-state index contributed by atoms with van der Waals surface area (Å²) in [5, 5.41) is 14.5. The van der Waals surface area contributed by atoms with E-state index in [1.807, 2.05) is 30.3 Å². The van der Waals surface area contributed by atoms with Crippen molar-refractivity contribution in [3.05, 3.63) is 66.2 Å². The molecule has 1 unspecified atom stereocenters. The predicted octanol–water partition coefficient (Wildman–Crippen LogP) is 6.88. The van der Waals surface area contributed by atoms with Crippen LogP contribution in [0.25, 0.3) is 33.1 Å². The quantitative estimate of drug-likeness (QED) is 0.407. The van der Waals surface area contributed by atoms with Crippen molar-refractivity contribution in [1.29, 1.82) is 0 Å². The van der Waals surface area contributed by atoms with Crippen molar-refractivity contribution in [2.45, 2.75) is 38.2 Å². The van der Waals surface area contributed by atoms with Gasteiger partial charge in [0.2, 0.25) is 0 Å². The number of rotatable bonds is 5. The van der Waals surface area contributed by atoms with Gasteiger partial charge in [0, 0.05) is 16.5 Å². The van der Waals surface area contributed by atoms with Crippen LogP contribution in [-0.2, 0) is 0 Å². The maximum absolute atomic E-state index is 11.2. The van der Waals surface area contributed by atoms with E-state index in [2.05, 4.69) is 30.3 Å². The normalized spacial score (nSPS) is 15.9. The third-order valence-electron chi connectivity index (χ3n) is 6.31. The molecule has 4 aromatic rings. The third kappa shape index (κ3) is 3.40. The average Bonchev–Trinajstić information content (AvgIpc) is 3.40. The number of benzene rings is 3. The SMILES string of the molecule is COc1ccc2cc(-c3oc4ccccc4c3C(O)CC3CCCC3)ccc2c1. The lowest BCUT2D eigenvalue weighted by atomic mass is 9.92. The van der Waals surface area contributed by atoms with Gasteiger partial charge < -0.3 is 14.3 Å². The summed E-state index contributed by atoms with van der Waals surface area (Å²) < 4.78 is 11.6. The molecule has 1 atom stereocenters. The Bertz CT molecular complexity index is 1150. The largest absolute Gasteiger partial charge is 0.497 e. The zero-order valence-electron chi connectivity index (χ0n) is 16.7. The molecule has 0 spiro atoms. The highest BCUT2D eigenvalue weighted by atomic mass is 16.5. The summed E-state index contributed by atoms with van der Waals surface area (Å²) in [5.74, 6) is 2.24. The molecule has 0 aliphatic heterocycles. The second kappa shape index (κ2) is 7.57. The Hall–Kier alpha value is -2.78. The summed E-state index contributed by atoms with van der Waals surface area (Å²) in [6.45, 7) is 0. The van der Waals surface area contributed by atoms with Crippen molar-refractivity contribution in [3.63, 3.8) is 0 Å². The molecular formula is C26H26O3. The van der Waals surface area contributed by atoms with Crippen molar-refractivity contribution in [2.24, 2.45) is 5.92 Å². The molecule has 3 aromatic carbocycles.